The Balaban J connectivity index is 2.75. The minimum atomic E-state index is -3.30. The first-order valence-electron chi connectivity index (χ1n) is 4.73. The molecule has 86 valence electrons. The first-order chi connectivity index (χ1) is 7.41. The summed E-state index contributed by atoms with van der Waals surface area (Å²) in [5, 5.41) is 0. The molecule has 0 bridgehead atoms. The lowest BCUT2D eigenvalue weighted by atomic mass is 10.00. The summed E-state index contributed by atoms with van der Waals surface area (Å²) in [6.45, 7) is 0. The number of carbonyl (C=O) groups is 1. The molecule has 0 atom stereocenters. The lowest BCUT2D eigenvalue weighted by molar-refractivity contribution is 0.100. The maximum Gasteiger partial charge on any atom is 0.259 e. The molecule has 6 heteroatoms. The van der Waals surface area contributed by atoms with Gasteiger partial charge in [-0.15, -0.1) is 11.3 Å². The minimum Gasteiger partial charge on any atom is -0.365 e. The van der Waals surface area contributed by atoms with Gasteiger partial charge in [0.1, 0.15) is 4.21 Å². The zero-order chi connectivity index (χ0) is 11.9. The van der Waals surface area contributed by atoms with Crippen molar-refractivity contribution in [3.8, 4) is 0 Å². The number of thiophene rings is 1. The summed E-state index contributed by atoms with van der Waals surface area (Å²) in [5.41, 5.74) is 6.67. The van der Waals surface area contributed by atoms with Gasteiger partial charge in [-0.2, -0.15) is 0 Å². The van der Waals surface area contributed by atoms with E-state index in [1.54, 1.807) is 6.08 Å². The Morgan fingerprint density at radius 1 is 1.50 bits per heavy atom. The Kier molecular flexibility index (Phi) is 2.63. The fraction of sp³-hybridized carbons (Fsp3) is 0.300. The zero-order valence-corrected chi connectivity index (χ0v) is 10.3. The molecule has 1 heterocycles. The van der Waals surface area contributed by atoms with Gasteiger partial charge in [-0.1, -0.05) is 12.2 Å². The molecule has 2 N–H and O–H groups in total. The zero-order valence-electron chi connectivity index (χ0n) is 8.69. The molecule has 1 amide bonds. The smallest absolute Gasteiger partial charge is 0.259 e. The van der Waals surface area contributed by atoms with E-state index in [0.717, 1.165) is 29.6 Å². The molecular weight excluding hydrogens is 246 g/mol. The monoisotopic (exact) mass is 257 g/mol. The Bertz CT molecular complexity index is 581. The van der Waals surface area contributed by atoms with Crippen LogP contribution in [-0.2, 0) is 16.3 Å². The van der Waals surface area contributed by atoms with E-state index in [1.807, 2.05) is 6.08 Å². The van der Waals surface area contributed by atoms with Crippen molar-refractivity contribution in [3.05, 3.63) is 22.1 Å². The van der Waals surface area contributed by atoms with Gasteiger partial charge in [0, 0.05) is 11.8 Å². The van der Waals surface area contributed by atoms with Crippen molar-refractivity contribution in [2.75, 3.05) is 6.26 Å². The summed E-state index contributed by atoms with van der Waals surface area (Å²) in [5.74, 6) is -0.550. The highest BCUT2D eigenvalue weighted by Gasteiger charge is 2.25. The average Bonchev–Trinajstić information content (AvgIpc) is 2.56. The van der Waals surface area contributed by atoms with Crippen LogP contribution in [0.4, 0.5) is 0 Å². The standard InChI is InChI=1S/C10H11NO3S2/c1-16(13,14)10-7-5-3-2-4-6(7)8(15-10)9(11)12/h3,5H,2,4H2,1H3,(H2,11,12). The highest BCUT2D eigenvalue weighted by Crippen LogP contribution is 2.36. The van der Waals surface area contributed by atoms with Gasteiger partial charge in [0.05, 0.1) is 4.88 Å². The van der Waals surface area contributed by atoms with E-state index in [0.29, 0.717) is 16.9 Å². The number of primary amides is 1. The van der Waals surface area contributed by atoms with Crippen molar-refractivity contribution in [1.82, 2.24) is 0 Å². The molecule has 0 aliphatic heterocycles. The van der Waals surface area contributed by atoms with Crippen LogP contribution in [0.25, 0.3) is 6.08 Å². The van der Waals surface area contributed by atoms with Crippen molar-refractivity contribution in [3.63, 3.8) is 0 Å². The molecule has 1 aliphatic rings. The topological polar surface area (TPSA) is 77.2 Å². The van der Waals surface area contributed by atoms with Crippen LogP contribution in [-0.4, -0.2) is 20.6 Å². The van der Waals surface area contributed by atoms with Crippen molar-refractivity contribution >= 4 is 33.2 Å². The van der Waals surface area contributed by atoms with Crippen molar-refractivity contribution in [2.45, 2.75) is 17.1 Å². The predicted octanol–water partition coefficient (Wildman–Crippen LogP) is 1.21. The lowest BCUT2D eigenvalue weighted by Crippen LogP contribution is -2.11. The molecule has 0 saturated carbocycles. The third-order valence-electron chi connectivity index (χ3n) is 2.42. The van der Waals surface area contributed by atoms with Crippen LogP contribution in [0.1, 0.15) is 27.2 Å². The predicted molar refractivity (Wildman–Crippen MR) is 63.3 cm³/mol. The van der Waals surface area contributed by atoms with Crippen LogP contribution >= 0.6 is 11.3 Å². The fourth-order valence-corrected chi connectivity index (χ4v) is 4.14. The molecule has 0 saturated heterocycles. The molecule has 0 unspecified atom stereocenters. The number of carbonyl (C=O) groups excluding carboxylic acids is 1. The van der Waals surface area contributed by atoms with Gasteiger partial charge in [0.15, 0.2) is 9.84 Å². The summed E-state index contributed by atoms with van der Waals surface area (Å²) < 4.78 is 23.4. The number of nitrogens with two attached hydrogens (primary N) is 1. The van der Waals surface area contributed by atoms with Crippen LogP contribution in [0, 0.1) is 0 Å². The van der Waals surface area contributed by atoms with E-state index in [2.05, 4.69) is 0 Å². The summed E-state index contributed by atoms with van der Waals surface area (Å²) in [6, 6.07) is 0. The number of rotatable bonds is 2. The Labute approximate surface area is 97.7 Å². The van der Waals surface area contributed by atoms with Crippen LogP contribution in [0.3, 0.4) is 0 Å². The highest BCUT2D eigenvalue weighted by molar-refractivity contribution is 7.92. The van der Waals surface area contributed by atoms with Crippen LogP contribution in [0.5, 0.6) is 0 Å². The molecule has 0 spiro atoms. The number of sulfone groups is 1. The maximum absolute atomic E-state index is 11.6. The lowest BCUT2D eigenvalue weighted by Gasteiger charge is -2.06. The largest absolute Gasteiger partial charge is 0.365 e. The Morgan fingerprint density at radius 2 is 2.19 bits per heavy atom. The maximum atomic E-state index is 11.6. The minimum absolute atomic E-state index is 0.243. The fourth-order valence-electron chi connectivity index (χ4n) is 1.77. The van der Waals surface area contributed by atoms with Gasteiger partial charge in [-0.25, -0.2) is 8.42 Å². The second-order valence-corrected chi connectivity index (χ2v) is 6.92. The van der Waals surface area contributed by atoms with Gasteiger partial charge in [0.2, 0.25) is 0 Å². The second kappa shape index (κ2) is 3.71. The van der Waals surface area contributed by atoms with E-state index in [4.69, 9.17) is 5.73 Å². The van der Waals surface area contributed by atoms with Gasteiger partial charge >= 0.3 is 0 Å². The molecule has 16 heavy (non-hydrogen) atoms. The molecule has 1 aliphatic carbocycles. The first kappa shape index (κ1) is 11.3. The molecule has 1 aromatic rings. The summed E-state index contributed by atoms with van der Waals surface area (Å²) in [6.07, 6.45) is 6.31. The van der Waals surface area contributed by atoms with Crippen LogP contribution < -0.4 is 5.73 Å². The molecular formula is C10H11NO3S2. The van der Waals surface area contributed by atoms with E-state index in [9.17, 15) is 13.2 Å². The van der Waals surface area contributed by atoms with Crippen molar-refractivity contribution in [2.24, 2.45) is 5.73 Å². The van der Waals surface area contributed by atoms with Crippen molar-refractivity contribution < 1.29 is 13.2 Å². The van der Waals surface area contributed by atoms with E-state index in [1.165, 1.54) is 0 Å². The number of allylic oxidation sites excluding steroid dienone is 1. The molecule has 1 aromatic heterocycles. The average molecular weight is 257 g/mol. The highest BCUT2D eigenvalue weighted by atomic mass is 32.2. The molecule has 0 fully saturated rings. The SMILES string of the molecule is CS(=O)(=O)c1sc(C(N)=O)c2c1C=CCC2. The molecule has 0 radical (unpaired) electrons. The molecule has 4 nitrogen and oxygen atoms in total. The number of hydrogen-bond acceptors (Lipinski definition) is 4. The molecule has 2 rings (SSSR count). The summed E-state index contributed by atoms with van der Waals surface area (Å²) >= 11 is 0.977. The van der Waals surface area contributed by atoms with Gasteiger partial charge in [-0.05, 0) is 18.4 Å². The number of hydrogen-bond donors (Lipinski definition) is 1. The Hall–Kier alpha value is -1.14. The van der Waals surface area contributed by atoms with E-state index >= 15 is 0 Å². The number of amides is 1. The van der Waals surface area contributed by atoms with Crippen LogP contribution in [0.15, 0.2) is 10.3 Å². The van der Waals surface area contributed by atoms with Gasteiger partial charge in [-0.3, -0.25) is 4.79 Å². The third kappa shape index (κ3) is 1.78. The second-order valence-electron chi connectivity index (χ2n) is 3.69. The first-order valence-corrected chi connectivity index (χ1v) is 7.44. The summed E-state index contributed by atoms with van der Waals surface area (Å²) in [7, 11) is -3.30. The van der Waals surface area contributed by atoms with Crippen molar-refractivity contribution in [1.29, 1.82) is 0 Å². The molecule has 0 aromatic carbocycles. The van der Waals surface area contributed by atoms with Crippen LogP contribution in [0.2, 0.25) is 0 Å². The van der Waals surface area contributed by atoms with E-state index < -0.39 is 15.7 Å². The number of fused-ring (bicyclic) bond motifs is 1. The quantitative estimate of drug-likeness (QED) is 0.865. The third-order valence-corrected chi connectivity index (χ3v) is 5.53. The van der Waals surface area contributed by atoms with Gasteiger partial charge < -0.3 is 5.73 Å². The Morgan fingerprint density at radius 3 is 2.75 bits per heavy atom. The van der Waals surface area contributed by atoms with E-state index in [-0.39, 0.29) is 4.21 Å². The summed E-state index contributed by atoms with van der Waals surface area (Å²) in [4.78, 5) is 11.6. The normalized spacial score (nSPS) is 14.8. The van der Waals surface area contributed by atoms with Gasteiger partial charge in [0.25, 0.3) is 5.91 Å².